The zero-order valence-electron chi connectivity index (χ0n) is 12.8. The molecule has 0 amide bonds. The summed E-state index contributed by atoms with van der Waals surface area (Å²) >= 11 is 0. The molecule has 0 radical (unpaired) electrons. The van der Waals surface area contributed by atoms with Gasteiger partial charge in [-0.1, -0.05) is 12.1 Å². The largest absolute Gasteiger partial charge is 0.421 e. The Hall–Kier alpha value is -2.78. The van der Waals surface area contributed by atoms with Crippen LogP contribution in [-0.2, 0) is 12.7 Å². The van der Waals surface area contributed by atoms with Crippen LogP contribution in [0.1, 0.15) is 23.6 Å². The van der Waals surface area contributed by atoms with Crippen LogP contribution in [0.25, 0.3) is 11.0 Å². The van der Waals surface area contributed by atoms with Crippen molar-refractivity contribution in [3.8, 4) is 0 Å². The molecule has 0 atom stereocenters. The molecule has 0 unspecified atom stereocenters. The molecule has 0 aliphatic heterocycles. The Morgan fingerprint density at radius 2 is 1.88 bits per heavy atom. The molecule has 1 aromatic carbocycles. The van der Waals surface area contributed by atoms with Crippen LogP contribution in [0, 0.1) is 6.92 Å². The molecule has 2 aromatic heterocycles. The first-order valence-corrected chi connectivity index (χ1v) is 7.08. The summed E-state index contributed by atoms with van der Waals surface area (Å²) in [6.45, 7) is -2.30. The van der Waals surface area contributed by atoms with Crippen LogP contribution in [0.3, 0.4) is 0 Å². The molecule has 0 spiro atoms. The summed E-state index contributed by atoms with van der Waals surface area (Å²) in [6, 6.07) is 6.64. The molecular weight excluding hydrogens is 347 g/mol. The van der Waals surface area contributed by atoms with E-state index in [1.54, 1.807) is 6.07 Å². The Labute approximate surface area is 137 Å². The second kappa shape index (κ2) is 5.94. The van der Waals surface area contributed by atoms with E-state index in [9.17, 15) is 26.7 Å². The summed E-state index contributed by atoms with van der Waals surface area (Å²) in [5.41, 5.74) is -2.52. The molecule has 0 N–H and O–H groups in total. The van der Waals surface area contributed by atoms with E-state index < -0.39 is 30.4 Å². The summed E-state index contributed by atoms with van der Waals surface area (Å²) in [4.78, 5) is 16.0. The molecule has 0 aliphatic carbocycles. The molecule has 2 heterocycles. The lowest BCUT2D eigenvalue weighted by atomic mass is 10.2. The maximum atomic E-state index is 13.4. The van der Waals surface area contributed by atoms with Crippen molar-refractivity contribution in [2.24, 2.45) is 0 Å². The maximum absolute atomic E-state index is 13.4. The molecule has 0 saturated carbocycles. The van der Waals surface area contributed by atoms with Gasteiger partial charge in [0.15, 0.2) is 0 Å². The number of halogens is 5. The first kappa shape index (κ1) is 17.1. The Balaban J connectivity index is 2.16. The minimum Gasteiger partial charge on any atom is -0.269 e. The molecular formula is C15H11F5N4O. The van der Waals surface area contributed by atoms with Crippen molar-refractivity contribution in [2.75, 3.05) is 0 Å². The number of hydrogen-bond donors (Lipinski definition) is 0. The number of alkyl halides is 5. The van der Waals surface area contributed by atoms with E-state index in [1.807, 2.05) is 0 Å². The third-order valence-corrected chi connectivity index (χ3v) is 3.56. The number of nitrogens with zero attached hydrogens (tertiary/aromatic N) is 4. The predicted octanol–water partition coefficient (Wildman–Crippen LogP) is 3.36. The van der Waals surface area contributed by atoms with E-state index in [1.165, 1.54) is 25.1 Å². The highest BCUT2D eigenvalue weighted by molar-refractivity contribution is 5.75. The number of fused-ring (bicyclic) bond motifs is 1. The number of para-hydroxylation sites is 2. The van der Waals surface area contributed by atoms with E-state index >= 15 is 0 Å². The van der Waals surface area contributed by atoms with Crippen LogP contribution in [0.15, 0.2) is 35.1 Å². The van der Waals surface area contributed by atoms with Gasteiger partial charge in [0, 0.05) is 0 Å². The van der Waals surface area contributed by atoms with Gasteiger partial charge in [0.2, 0.25) is 0 Å². The van der Waals surface area contributed by atoms with Crippen molar-refractivity contribution in [2.45, 2.75) is 26.2 Å². The third kappa shape index (κ3) is 3.11. The molecule has 132 valence electrons. The number of benzene rings is 1. The third-order valence-electron chi connectivity index (χ3n) is 3.56. The summed E-state index contributed by atoms with van der Waals surface area (Å²) in [6.07, 6.45) is -4.87. The van der Waals surface area contributed by atoms with E-state index in [-0.39, 0.29) is 22.6 Å². The van der Waals surface area contributed by atoms with Gasteiger partial charge in [-0.2, -0.15) is 27.1 Å². The normalized spacial score (nSPS) is 12.3. The second-order valence-electron chi connectivity index (χ2n) is 5.32. The lowest BCUT2D eigenvalue weighted by Crippen LogP contribution is -2.32. The van der Waals surface area contributed by atoms with Gasteiger partial charge in [-0.3, -0.25) is 9.36 Å². The monoisotopic (exact) mass is 358 g/mol. The fraction of sp³-hybridized carbons (Fsp3) is 0.267. The van der Waals surface area contributed by atoms with Crippen LogP contribution in [-0.4, -0.2) is 19.3 Å². The second-order valence-corrected chi connectivity index (χ2v) is 5.32. The summed E-state index contributed by atoms with van der Waals surface area (Å²) in [5.74, 6) is -0.260. The molecule has 25 heavy (non-hydrogen) atoms. The van der Waals surface area contributed by atoms with Gasteiger partial charge < -0.3 is 0 Å². The van der Waals surface area contributed by atoms with Gasteiger partial charge in [0.1, 0.15) is 17.9 Å². The van der Waals surface area contributed by atoms with Gasteiger partial charge >= 0.3 is 12.7 Å². The van der Waals surface area contributed by atoms with Crippen molar-refractivity contribution < 1.29 is 22.0 Å². The maximum Gasteiger partial charge on any atom is 0.421 e. The van der Waals surface area contributed by atoms with Crippen molar-refractivity contribution in [3.63, 3.8) is 0 Å². The van der Waals surface area contributed by atoms with Gasteiger partial charge in [-0.05, 0) is 25.1 Å². The van der Waals surface area contributed by atoms with E-state index in [4.69, 9.17) is 0 Å². The van der Waals surface area contributed by atoms with Gasteiger partial charge in [-0.25, -0.2) is 9.67 Å². The van der Waals surface area contributed by atoms with Gasteiger partial charge in [0.05, 0.1) is 16.7 Å². The number of hydrogen-bond acceptors (Lipinski definition) is 3. The fourth-order valence-electron chi connectivity index (χ4n) is 2.54. The highest BCUT2D eigenvalue weighted by Crippen LogP contribution is 2.27. The number of aryl methyl sites for hydroxylation is 1. The molecule has 10 heteroatoms. The Morgan fingerprint density at radius 1 is 1.20 bits per heavy atom. The number of rotatable bonds is 3. The molecule has 0 aliphatic rings. The smallest absolute Gasteiger partial charge is 0.269 e. The lowest BCUT2D eigenvalue weighted by molar-refractivity contribution is -0.139. The minimum atomic E-state index is -4.87. The average molecular weight is 358 g/mol. The van der Waals surface area contributed by atoms with Crippen LogP contribution < -0.4 is 5.56 Å². The summed E-state index contributed by atoms with van der Waals surface area (Å²) in [5, 5.41) is 3.72. The average Bonchev–Trinajstić information content (AvgIpc) is 2.87. The predicted molar refractivity (Wildman–Crippen MR) is 78.3 cm³/mol. The summed E-state index contributed by atoms with van der Waals surface area (Å²) in [7, 11) is 0. The van der Waals surface area contributed by atoms with Crippen LogP contribution in [0.5, 0.6) is 0 Å². The van der Waals surface area contributed by atoms with Crippen LogP contribution in [0.2, 0.25) is 0 Å². The fourth-order valence-corrected chi connectivity index (χ4v) is 2.54. The zero-order valence-corrected chi connectivity index (χ0v) is 12.8. The summed E-state index contributed by atoms with van der Waals surface area (Å²) < 4.78 is 66.6. The first-order valence-electron chi connectivity index (χ1n) is 7.08. The van der Waals surface area contributed by atoms with E-state index in [0.717, 1.165) is 0 Å². The standard InChI is InChI=1S/C15H11F5N4O/c1-8-6-9(15(18,19)20)13(25)23(22-8)7-12-21-10-4-2-3-5-11(10)24(12)14(16)17/h2-6,14H,7H2,1H3. The highest BCUT2D eigenvalue weighted by atomic mass is 19.4. The Kier molecular flexibility index (Phi) is 4.05. The minimum absolute atomic E-state index is 0.0633. The van der Waals surface area contributed by atoms with Crippen molar-refractivity contribution >= 4 is 11.0 Å². The molecule has 3 aromatic rings. The van der Waals surface area contributed by atoms with E-state index in [0.29, 0.717) is 15.3 Å². The zero-order chi connectivity index (χ0) is 18.4. The van der Waals surface area contributed by atoms with Gasteiger partial charge in [0.25, 0.3) is 5.56 Å². The number of imidazole rings is 1. The molecule has 3 rings (SSSR count). The quantitative estimate of drug-likeness (QED) is 0.675. The van der Waals surface area contributed by atoms with Crippen molar-refractivity contribution in [1.82, 2.24) is 19.3 Å². The Morgan fingerprint density at radius 3 is 2.52 bits per heavy atom. The molecule has 5 nitrogen and oxygen atoms in total. The van der Waals surface area contributed by atoms with E-state index in [2.05, 4.69) is 10.1 Å². The van der Waals surface area contributed by atoms with Crippen molar-refractivity contribution in [3.05, 3.63) is 57.8 Å². The first-order chi connectivity index (χ1) is 11.7. The van der Waals surface area contributed by atoms with Crippen LogP contribution in [0.4, 0.5) is 22.0 Å². The van der Waals surface area contributed by atoms with Crippen LogP contribution >= 0.6 is 0 Å². The topological polar surface area (TPSA) is 52.7 Å². The SMILES string of the molecule is Cc1cc(C(F)(F)F)c(=O)n(Cc2nc3ccccc3n2C(F)F)n1. The molecule has 0 bridgehead atoms. The van der Waals surface area contributed by atoms with Crippen molar-refractivity contribution in [1.29, 1.82) is 0 Å². The molecule has 0 saturated heterocycles. The highest BCUT2D eigenvalue weighted by Gasteiger charge is 2.35. The number of aromatic nitrogens is 4. The van der Waals surface area contributed by atoms with Gasteiger partial charge in [-0.15, -0.1) is 0 Å². The Bertz CT molecular complexity index is 990. The molecule has 0 fully saturated rings. The lowest BCUT2D eigenvalue weighted by Gasteiger charge is -2.12.